The molecular weight excluding hydrogens is 224 g/mol. The van der Waals surface area contributed by atoms with E-state index in [9.17, 15) is 0 Å². The zero-order chi connectivity index (χ0) is 12.8. The topological polar surface area (TPSA) is 0 Å². The van der Waals surface area contributed by atoms with Crippen LogP contribution >= 0.6 is 11.8 Å². The summed E-state index contributed by atoms with van der Waals surface area (Å²) in [4.78, 5) is 0. The summed E-state index contributed by atoms with van der Waals surface area (Å²) in [5.41, 5.74) is 1.46. The van der Waals surface area contributed by atoms with E-state index >= 15 is 0 Å². The Morgan fingerprint density at radius 1 is 1.18 bits per heavy atom. The van der Waals surface area contributed by atoms with Gasteiger partial charge in [0.15, 0.2) is 0 Å². The van der Waals surface area contributed by atoms with Crippen LogP contribution in [0.4, 0.5) is 0 Å². The Bertz CT molecular complexity index is 224. The van der Waals surface area contributed by atoms with Crippen LogP contribution < -0.4 is 0 Å². The number of rotatable bonds is 7. The molecule has 0 bridgehead atoms. The fourth-order valence-electron chi connectivity index (χ4n) is 2.50. The van der Waals surface area contributed by atoms with Gasteiger partial charge in [-0.25, -0.2) is 0 Å². The van der Waals surface area contributed by atoms with Crippen molar-refractivity contribution in [2.75, 3.05) is 5.75 Å². The van der Waals surface area contributed by atoms with Crippen LogP contribution in [0.5, 0.6) is 0 Å². The Balaban J connectivity index is 2.48. The standard InChI is InChI=1S/C16H30S/c1-12(2)11-17-16(10-14(5)13(3)4)15-8-6-7-9-15/h12-13,15-16H,5-11H2,1-4H3. The lowest BCUT2D eigenvalue weighted by Gasteiger charge is -2.26. The van der Waals surface area contributed by atoms with Crippen LogP contribution in [0.3, 0.4) is 0 Å². The summed E-state index contributed by atoms with van der Waals surface area (Å²) in [6, 6.07) is 0. The monoisotopic (exact) mass is 254 g/mol. The summed E-state index contributed by atoms with van der Waals surface area (Å²) in [6.07, 6.45) is 7.08. The lowest BCUT2D eigenvalue weighted by molar-refractivity contribution is 0.504. The van der Waals surface area contributed by atoms with E-state index in [1.54, 1.807) is 0 Å². The maximum Gasteiger partial charge on any atom is 0.0113 e. The summed E-state index contributed by atoms with van der Waals surface area (Å²) < 4.78 is 0. The molecule has 1 unspecified atom stereocenters. The lowest BCUT2D eigenvalue weighted by atomic mass is 9.93. The Hall–Kier alpha value is 0.0900. The summed E-state index contributed by atoms with van der Waals surface area (Å²) in [7, 11) is 0. The normalized spacial score (nSPS) is 19.2. The van der Waals surface area contributed by atoms with Crippen molar-refractivity contribution in [3.8, 4) is 0 Å². The largest absolute Gasteiger partial charge is 0.158 e. The molecule has 17 heavy (non-hydrogen) atoms. The Morgan fingerprint density at radius 3 is 2.24 bits per heavy atom. The van der Waals surface area contributed by atoms with Gasteiger partial charge in [0.1, 0.15) is 0 Å². The van der Waals surface area contributed by atoms with Crippen molar-refractivity contribution in [2.45, 2.75) is 65.0 Å². The van der Waals surface area contributed by atoms with Crippen LogP contribution in [-0.2, 0) is 0 Å². The Labute approximate surface area is 113 Å². The van der Waals surface area contributed by atoms with Gasteiger partial charge in [0.25, 0.3) is 0 Å². The van der Waals surface area contributed by atoms with Gasteiger partial charge in [0.05, 0.1) is 0 Å². The second-order valence-electron chi connectivity index (χ2n) is 6.33. The predicted octanol–water partition coefficient (Wildman–Crippen LogP) is 5.54. The van der Waals surface area contributed by atoms with E-state index in [2.05, 4.69) is 46.0 Å². The summed E-state index contributed by atoms with van der Waals surface area (Å²) in [6.45, 7) is 13.5. The smallest absolute Gasteiger partial charge is 0.0113 e. The first-order valence-electron chi connectivity index (χ1n) is 7.30. The minimum atomic E-state index is 0.651. The molecule has 0 nitrogen and oxygen atoms in total. The van der Waals surface area contributed by atoms with E-state index in [1.165, 1.54) is 43.4 Å². The maximum atomic E-state index is 4.28. The van der Waals surface area contributed by atoms with E-state index in [-0.39, 0.29) is 0 Å². The number of hydrogen-bond acceptors (Lipinski definition) is 1. The molecule has 0 saturated heterocycles. The van der Waals surface area contributed by atoms with Gasteiger partial charge < -0.3 is 0 Å². The highest BCUT2D eigenvalue weighted by Crippen LogP contribution is 2.38. The summed E-state index contributed by atoms with van der Waals surface area (Å²) >= 11 is 2.21. The zero-order valence-corrected chi connectivity index (χ0v) is 13.0. The molecule has 0 radical (unpaired) electrons. The predicted molar refractivity (Wildman–Crippen MR) is 81.6 cm³/mol. The molecular formula is C16H30S. The van der Waals surface area contributed by atoms with E-state index in [4.69, 9.17) is 0 Å². The lowest BCUT2D eigenvalue weighted by Crippen LogP contribution is -2.18. The third-order valence-corrected chi connectivity index (χ3v) is 5.69. The minimum Gasteiger partial charge on any atom is -0.158 e. The van der Waals surface area contributed by atoms with Gasteiger partial charge in [0.2, 0.25) is 0 Å². The minimum absolute atomic E-state index is 0.651. The average molecular weight is 254 g/mol. The van der Waals surface area contributed by atoms with Gasteiger partial charge in [-0.1, -0.05) is 52.7 Å². The second kappa shape index (κ2) is 7.51. The molecule has 1 saturated carbocycles. The highest BCUT2D eigenvalue weighted by Gasteiger charge is 2.26. The molecule has 1 rings (SSSR count). The Morgan fingerprint density at radius 2 is 1.76 bits per heavy atom. The van der Waals surface area contributed by atoms with Crippen LogP contribution in [0.25, 0.3) is 0 Å². The van der Waals surface area contributed by atoms with Crippen molar-refractivity contribution in [3.63, 3.8) is 0 Å². The van der Waals surface area contributed by atoms with Crippen molar-refractivity contribution in [2.24, 2.45) is 17.8 Å². The van der Waals surface area contributed by atoms with Gasteiger partial charge in [-0.05, 0) is 42.8 Å². The van der Waals surface area contributed by atoms with Crippen molar-refractivity contribution in [1.82, 2.24) is 0 Å². The fourth-order valence-corrected chi connectivity index (χ4v) is 4.01. The van der Waals surface area contributed by atoms with Gasteiger partial charge in [-0.3, -0.25) is 0 Å². The van der Waals surface area contributed by atoms with Gasteiger partial charge in [-0.2, -0.15) is 11.8 Å². The Kier molecular flexibility index (Phi) is 6.69. The van der Waals surface area contributed by atoms with Crippen molar-refractivity contribution in [1.29, 1.82) is 0 Å². The number of allylic oxidation sites excluding steroid dienone is 1. The molecule has 100 valence electrons. The van der Waals surface area contributed by atoms with Crippen LogP contribution in [0.1, 0.15) is 59.8 Å². The molecule has 0 aliphatic heterocycles. The van der Waals surface area contributed by atoms with E-state index < -0.39 is 0 Å². The molecule has 1 fully saturated rings. The third-order valence-electron chi connectivity index (χ3n) is 3.85. The fraction of sp³-hybridized carbons (Fsp3) is 0.875. The molecule has 1 aliphatic carbocycles. The molecule has 1 heteroatoms. The molecule has 0 spiro atoms. The van der Waals surface area contributed by atoms with Crippen molar-refractivity contribution < 1.29 is 0 Å². The second-order valence-corrected chi connectivity index (χ2v) is 7.60. The third kappa shape index (κ3) is 5.50. The molecule has 0 aromatic rings. The van der Waals surface area contributed by atoms with E-state index in [0.717, 1.165) is 17.1 Å². The molecule has 0 aromatic carbocycles. The van der Waals surface area contributed by atoms with Crippen molar-refractivity contribution >= 4 is 11.8 Å². The van der Waals surface area contributed by atoms with E-state index in [1.807, 2.05) is 0 Å². The molecule has 1 atom stereocenters. The highest BCUT2D eigenvalue weighted by molar-refractivity contribution is 7.99. The van der Waals surface area contributed by atoms with Gasteiger partial charge in [0, 0.05) is 5.25 Å². The van der Waals surface area contributed by atoms with Crippen LogP contribution in [0.2, 0.25) is 0 Å². The summed E-state index contributed by atoms with van der Waals surface area (Å²) in [5.74, 6) is 3.75. The molecule has 0 aromatic heterocycles. The zero-order valence-electron chi connectivity index (χ0n) is 12.2. The first-order valence-corrected chi connectivity index (χ1v) is 8.34. The number of hydrogen-bond donors (Lipinski definition) is 0. The highest BCUT2D eigenvalue weighted by atomic mass is 32.2. The molecule has 1 aliphatic rings. The molecule has 0 heterocycles. The molecule has 0 N–H and O–H groups in total. The van der Waals surface area contributed by atoms with Crippen LogP contribution in [0, 0.1) is 17.8 Å². The van der Waals surface area contributed by atoms with E-state index in [0.29, 0.717) is 5.92 Å². The first kappa shape index (κ1) is 15.1. The maximum absolute atomic E-state index is 4.28. The first-order chi connectivity index (χ1) is 8.00. The quantitative estimate of drug-likeness (QED) is 0.538. The molecule has 0 amide bonds. The summed E-state index contributed by atoms with van der Waals surface area (Å²) in [5, 5.41) is 0.842. The van der Waals surface area contributed by atoms with Gasteiger partial charge in [-0.15, -0.1) is 0 Å². The van der Waals surface area contributed by atoms with Crippen LogP contribution in [-0.4, -0.2) is 11.0 Å². The number of thioether (sulfide) groups is 1. The van der Waals surface area contributed by atoms with Crippen LogP contribution in [0.15, 0.2) is 12.2 Å². The van der Waals surface area contributed by atoms with Crippen molar-refractivity contribution in [3.05, 3.63) is 12.2 Å². The van der Waals surface area contributed by atoms with Gasteiger partial charge >= 0.3 is 0 Å². The average Bonchev–Trinajstić information content (AvgIpc) is 2.76. The SMILES string of the molecule is C=C(CC(SCC(C)C)C1CCCC1)C(C)C.